The summed E-state index contributed by atoms with van der Waals surface area (Å²) in [6, 6.07) is 2.69. The minimum atomic E-state index is -3.95. The first kappa shape index (κ1) is 19.4. The SMILES string of the molecule is CCc1cc(Cc2nn(S(=O)(=O)N(C)C)cc2C(=O)O)c(Cl)cc1F. The van der Waals surface area contributed by atoms with Crippen molar-refractivity contribution in [2.75, 3.05) is 14.1 Å². The summed E-state index contributed by atoms with van der Waals surface area (Å²) < 4.78 is 39.5. The van der Waals surface area contributed by atoms with Crippen molar-refractivity contribution in [2.45, 2.75) is 19.8 Å². The molecule has 0 amide bonds. The van der Waals surface area contributed by atoms with Gasteiger partial charge in [-0.1, -0.05) is 24.6 Å². The van der Waals surface area contributed by atoms with E-state index < -0.39 is 22.0 Å². The quantitative estimate of drug-likeness (QED) is 0.817. The van der Waals surface area contributed by atoms with Gasteiger partial charge in [-0.05, 0) is 23.6 Å². The minimum absolute atomic E-state index is 0.0217. The molecule has 0 unspecified atom stereocenters. The van der Waals surface area contributed by atoms with E-state index in [1.54, 1.807) is 6.92 Å². The number of halogens is 2. The molecular weight excluding hydrogens is 373 g/mol. The van der Waals surface area contributed by atoms with Crippen molar-refractivity contribution in [3.8, 4) is 0 Å². The topological polar surface area (TPSA) is 92.5 Å². The Bertz CT molecular complexity index is 925. The fraction of sp³-hybridized carbons (Fsp3) is 0.333. The van der Waals surface area contributed by atoms with Gasteiger partial charge in [-0.25, -0.2) is 9.18 Å². The Morgan fingerprint density at radius 1 is 1.36 bits per heavy atom. The Balaban J connectivity index is 2.53. The Morgan fingerprint density at radius 3 is 2.52 bits per heavy atom. The highest BCUT2D eigenvalue weighted by Crippen LogP contribution is 2.25. The van der Waals surface area contributed by atoms with Crippen molar-refractivity contribution < 1.29 is 22.7 Å². The van der Waals surface area contributed by atoms with E-state index in [1.807, 2.05) is 0 Å². The lowest BCUT2D eigenvalue weighted by Crippen LogP contribution is -2.29. The van der Waals surface area contributed by atoms with Crippen molar-refractivity contribution in [3.05, 3.63) is 51.6 Å². The molecule has 0 fully saturated rings. The monoisotopic (exact) mass is 389 g/mol. The molecule has 0 saturated heterocycles. The maximum Gasteiger partial charge on any atom is 0.339 e. The molecule has 10 heteroatoms. The Kier molecular flexibility index (Phi) is 5.50. The molecule has 0 aliphatic rings. The van der Waals surface area contributed by atoms with E-state index in [1.165, 1.54) is 20.2 Å². The molecule has 2 aromatic rings. The van der Waals surface area contributed by atoms with Gasteiger partial charge in [0.05, 0.1) is 11.9 Å². The third-order valence-electron chi connectivity index (χ3n) is 3.65. The summed E-state index contributed by atoms with van der Waals surface area (Å²) in [5.41, 5.74) is 0.656. The van der Waals surface area contributed by atoms with Gasteiger partial charge in [0.25, 0.3) is 0 Å². The van der Waals surface area contributed by atoms with Crippen molar-refractivity contribution in [3.63, 3.8) is 0 Å². The predicted molar refractivity (Wildman–Crippen MR) is 90.8 cm³/mol. The van der Waals surface area contributed by atoms with Crippen LogP contribution in [0.3, 0.4) is 0 Å². The van der Waals surface area contributed by atoms with Gasteiger partial charge in [-0.15, -0.1) is 0 Å². The van der Waals surface area contributed by atoms with Crippen LogP contribution in [0.25, 0.3) is 0 Å². The molecule has 2 rings (SSSR count). The van der Waals surface area contributed by atoms with Gasteiger partial charge in [-0.3, -0.25) is 0 Å². The first-order chi connectivity index (χ1) is 11.6. The van der Waals surface area contributed by atoms with E-state index in [4.69, 9.17) is 11.6 Å². The third kappa shape index (κ3) is 3.83. The molecule has 0 aliphatic carbocycles. The number of benzene rings is 1. The van der Waals surface area contributed by atoms with Gasteiger partial charge in [0.2, 0.25) is 0 Å². The minimum Gasteiger partial charge on any atom is -0.478 e. The van der Waals surface area contributed by atoms with Crippen LogP contribution >= 0.6 is 11.6 Å². The number of nitrogens with zero attached hydrogens (tertiary/aromatic N) is 3. The number of carboxylic acid groups (broad SMARTS) is 1. The number of aromatic carboxylic acids is 1. The number of aromatic nitrogens is 2. The van der Waals surface area contributed by atoms with Crippen LogP contribution < -0.4 is 0 Å². The maximum atomic E-state index is 13.7. The van der Waals surface area contributed by atoms with Crippen molar-refractivity contribution >= 4 is 27.8 Å². The molecule has 0 atom stereocenters. The van der Waals surface area contributed by atoms with Gasteiger partial charge < -0.3 is 5.11 Å². The second kappa shape index (κ2) is 7.11. The number of hydrogen-bond donors (Lipinski definition) is 1. The van der Waals surface area contributed by atoms with Crippen LogP contribution in [-0.4, -0.2) is 47.1 Å². The molecule has 0 bridgehead atoms. The zero-order chi connectivity index (χ0) is 18.9. The molecule has 0 aliphatic heterocycles. The second-order valence-corrected chi connectivity index (χ2v) is 7.93. The highest BCUT2D eigenvalue weighted by molar-refractivity contribution is 7.87. The van der Waals surface area contributed by atoms with Crippen LogP contribution in [0, 0.1) is 5.82 Å². The molecule has 0 saturated carbocycles. The van der Waals surface area contributed by atoms with Crippen molar-refractivity contribution in [1.29, 1.82) is 0 Å². The normalized spacial score (nSPS) is 11.9. The van der Waals surface area contributed by atoms with Gasteiger partial charge in [-0.2, -0.15) is 21.9 Å². The summed E-state index contributed by atoms with van der Waals surface area (Å²) in [6.45, 7) is 1.77. The molecule has 25 heavy (non-hydrogen) atoms. The molecule has 1 aromatic heterocycles. The summed E-state index contributed by atoms with van der Waals surface area (Å²) in [6.07, 6.45) is 1.33. The Labute approximate surface area is 149 Å². The van der Waals surface area contributed by atoms with E-state index in [-0.39, 0.29) is 22.7 Å². The van der Waals surface area contributed by atoms with Crippen molar-refractivity contribution in [1.82, 2.24) is 13.5 Å². The first-order valence-corrected chi connectivity index (χ1v) is 9.07. The lowest BCUT2D eigenvalue weighted by molar-refractivity contribution is 0.0696. The molecule has 1 N–H and O–H groups in total. The third-order valence-corrected chi connectivity index (χ3v) is 5.59. The summed E-state index contributed by atoms with van der Waals surface area (Å²) in [5, 5.41) is 13.3. The maximum absolute atomic E-state index is 13.7. The zero-order valence-electron chi connectivity index (χ0n) is 13.8. The standard InChI is InChI=1S/C15H17ClFN3O4S/c1-4-9-5-10(12(16)7-13(9)17)6-14-11(15(21)22)8-20(18-14)25(23,24)19(2)3/h5,7-8H,4,6H2,1-3H3,(H,21,22). The highest BCUT2D eigenvalue weighted by Gasteiger charge is 2.24. The van der Waals surface area contributed by atoms with Crippen LogP contribution in [0.4, 0.5) is 4.39 Å². The molecule has 1 heterocycles. The molecule has 0 radical (unpaired) electrons. The highest BCUT2D eigenvalue weighted by atomic mass is 35.5. The van der Waals surface area contributed by atoms with E-state index in [0.29, 0.717) is 21.6 Å². The summed E-state index contributed by atoms with van der Waals surface area (Å²) >= 11 is 6.04. The fourth-order valence-electron chi connectivity index (χ4n) is 2.21. The molecule has 7 nitrogen and oxygen atoms in total. The van der Waals surface area contributed by atoms with Crippen LogP contribution in [0.15, 0.2) is 18.3 Å². The first-order valence-electron chi connectivity index (χ1n) is 7.29. The molecule has 0 spiro atoms. The zero-order valence-corrected chi connectivity index (χ0v) is 15.4. The van der Waals surface area contributed by atoms with Crippen LogP contribution in [0.2, 0.25) is 5.02 Å². The largest absolute Gasteiger partial charge is 0.478 e. The fourth-order valence-corrected chi connectivity index (χ4v) is 3.21. The van der Waals surface area contributed by atoms with Crippen LogP contribution in [-0.2, 0) is 23.1 Å². The smallest absolute Gasteiger partial charge is 0.339 e. The molecule has 136 valence electrons. The van der Waals surface area contributed by atoms with E-state index in [2.05, 4.69) is 5.10 Å². The average Bonchev–Trinajstić information content (AvgIpc) is 2.94. The van der Waals surface area contributed by atoms with E-state index in [0.717, 1.165) is 16.6 Å². The Hall–Kier alpha value is -1.97. The summed E-state index contributed by atoms with van der Waals surface area (Å²) in [4.78, 5) is 11.4. The number of carbonyl (C=O) groups is 1. The number of hydrogen-bond acceptors (Lipinski definition) is 4. The summed E-state index contributed by atoms with van der Waals surface area (Å²) in [7, 11) is -1.34. The van der Waals surface area contributed by atoms with Gasteiger partial charge in [0.1, 0.15) is 11.4 Å². The van der Waals surface area contributed by atoms with E-state index in [9.17, 15) is 22.7 Å². The van der Waals surface area contributed by atoms with Crippen LogP contribution in [0.1, 0.15) is 34.1 Å². The predicted octanol–water partition coefficient (Wildman–Crippen LogP) is 2.18. The van der Waals surface area contributed by atoms with Crippen molar-refractivity contribution in [2.24, 2.45) is 0 Å². The second-order valence-electron chi connectivity index (χ2n) is 5.52. The molecular formula is C15H17ClFN3O4S. The lowest BCUT2D eigenvalue weighted by Gasteiger charge is -2.10. The van der Waals surface area contributed by atoms with Gasteiger partial charge in [0.15, 0.2) is 0 Å². The average molecular weight is 390 g/mol. The van der Waals surface area contributed by atoms with Gasteiger partial charge in [0, 0.05) is 25.5 Å². The number of aryl methyl sites for hydroxylation is 1. The lowest BCUT2D eigenvalue weighted by atomic mass is 10.0. The molecule has 1 aromatic carbocycles. The number of rotatable bonds is 6. The van der Waals surface area contributed by atoms with Gasteiger partial charge >= 0.3 is 16.2 Å². The van der Waals surface area contributed by atoms with E-state index >= 15 is 0 Å². The van der Waals surface area contributed by atoms with Crippen LogP contribution in [0.5, 0.6) is 0 Å². The Morgan fingerprint density at radius 2 is 2.00 bits per heavy atom. The number of carboxylic acids is 1. The summed E-state index contributed by atoms with van der Waals surface area (Å²) in [5.74, 6) is -1.76.